The zero-order chi connectivity index (χ0) is 14.0. The number of hydrogen-bond donors (Lipinski definition) is 2. The highest BCUT2D eigenvalue weighted by atomic mass is 35.5. The molecule has 3 nitrogen and oxygen atoms in total. The third kappa shape index (κ3) is 3.26. The first-order chi connectivity index (χ1) is 8.95. The van der Waals surface area contributed by atoms with Crippen molar-refractivity contribution in [2.45, 2.75) is 13.8 Å². The van der Waals surface area contributed by atoms with Crippen LogP contribution >= 0.6 is 11.6 Å². The molecule has 0 aliphatic rings. The third-order valence-electron chi connectivity index (χ3n) is 2.81. The average Bonchev–Trinajstić information content (AvgIpc) is 2.32. The summed E-state index contributed by atoms with van der Waals surface area (Å²) in [7, 11) is 0. The Balaban J connectivity index is 2.28. The number of hydrogen-bond acceptors (Lipinski definition) is 2. The van der Waals surface area contributed by atoms with Crippen molar-refractivity contribution in [3.05, 3.63) is 58.1 Å². The van der Waals surface area contributed by atoms with Crippen LogP contribution in [0.25, 0.3) is 0 Å². The second-order valence-corrected chi connectivity index (χ2v) is 4.98. The molecule has 0 aliphatic carbocycles. The second kappa shape index (κ2) is 5.33. The number of anilines is 2. The molecule has 0 radical (unpaired) electrons. The van der Waals surface area contributed by atoms with Crippen molar-refractivity contribution in [2.75, 3.05) is 11.1 Å². The maximum atomic E-state index is 12.2. The molecule has 2 aromatic carbocycles. The SMILES string of the molecule is Cc1cc(N)cc(C(=O)Nc2cc(Cl)ccc2C)c1. The molecule has 4 heteroatoms. The summed E-state index contributed by atoms with van der Waals surface area (Å²) < 4.78 is 0. The summed E-state index contributed by atoms with van der Waals surface area (Å²) in [5.41, 5.74) is 9.47. The van der Waals surface area contributed by atoms with Crippen LogP contribution in [-0.2, 0) is 0 Å². The fourth-order valence-electron chi connectivity index (χ4n) is 1.87. The number of nitrogens with two attached hydrogens (primary N) is 1. The largest absolute Gasteiger partial charge is 0.399 e. The molecule has 0 atom stereocenters. The number of nitrogen functional groups attached to an aromatic ring is 1. The summed E-state index contributed by atoms with van der Waals surface area (Å²) in [6.45, 7) is 3.81. The van der Waals surface area contributed by atoms with Crippen molar-refractivity contribution in [1.82, 2.24) is 0 Å². The van der Waals surface area contributed by atoms with Crippen LogP contribution in [0.5, 0.6) is 0 Å². The second-order valence-electron chi connectivity index (χ2n) is 4.55. The van der Waals surface area contributed by atoms with E-state index in [-0.39, 0.29) is 5.91 Å². The van der Waals surface area contributed by atoms with E-state index < -0.39 is 0 Å². The molecule has 98 valence electrons. The van der Waals surface area contributed by atoms with Gasteiger partial charge in [-0.1, -0.05) is 17.7 Å². The first-order valence-corrected chi connectivity index (χ1v) is 6.28. The van der Waals surface area contributed by atoms with Crippen molar-refractivity contribution >= 4 is 28.9 Å². The van der Waals surface area contributed by atoms with Gasteiger partial charge in [-0.05, 0) is 55.3 Å². The van der Waals surface area contributed by atoms with E-state index in [2.05, 4.69) is 5.32 Å². The topological polar surface area (TPSA) is 55.1 Å². The molecule has 0 spiro atoms. The first kappa shape index (κ1) is 13.4. The van der Waals surface area contributed by atoms with Gasteiger partial charge < -0.3 is 11.1 Å². The lowest BCUT2D eigenvalue weighted by molar-refractivity contribution is 0.102. The first-order valence-electron chi connectivity index (χ1n) is 5.90. The number of carbonyl (C=O) groups excluding carboxylic acids is 1. The van der Waals surface area contributed by atoms with Crippen LogP contribution in [0.15, 0.2) is 36.4 Å². The maximum absolute atomic E-state index is 12.2. The minimum atomic E-state index is -0.194. The minimum Gasteiger partial charge on any atom is -0.399 e. The highest BCUT2D eigenvalue weighted by molar-refractivity contribution is 6.31. The fourth-order valence-corrected chi connectivity index (χ4v) is 2.04. The van der Waals surface area contributed by atoms with Crippen LogP contribution in [0, 0.1) is 13.8 Å². The number of aryl methyl sites for hydroxylation is 2. The van der Waals surface area contributed by atoms with E-state index in [1.54, 1.807) is 24.3 Å². The Morgan fingerprint density at radius 1 is 1.16 bits per heavy atom. The zero-order valence-corrected chi connectivity index (χ0v) is 11.6. The monoisotopic (exact) mass is 274 g/mol. The van der Waals surface area contributed by atoms with Gasteiger partial charge in [-0.25, -0.2) is 0 Å². The van der Waals surface area contributed by atoms with Crippen molar-refractivity contribution < 1.29 is 4.79 Å². The normalized spacial score (nSPS) is 10.3. The summed E-state index contributed by atoms with van der Waals surface area (Å²) in [6, 6.07) is 10.7. The van der Waals surface area contributed by atoms with Crippen LogP contribution in [0.4, 0.5) is 11.4 Å². The Bertz CT molecular complexity index is 618. The van der Waals surface area contributed by atoms with Crippen molar-refractivity contribution in [2.24, 2.45) is 0 Å². The average molecular weight is 275 g/mol. The van der Waals surface area contributed by atoms with E-state index >= 15 is 0 Å². The molecule has 0 fully saturated rings. The summed E-state index contributed by atoms with van der Waals surface area (Å²) in [5.74, 6) is -0.194. The molecule has 0 saturated carbocycles. The quantitative estimate of drug-likeness (QED) is 0.819. The molecule has 0 heterocycles. The molecule has 0 aromatic heterocycles. The molecule has 0 unspecified atom stereocenters. The smallest absolute Gasteiger partial charge is 0.255 e. The highest BCUT2D eigenvalue weighted by Crippen LogP contribution is 2.21. The molecule has 0 saturated heterocycles. The van der Waals surface area contributed by atoms with Gasteiger partial charge in [0.25, 0.3) is 5.91 Å². The van der Waals surface area contributed by atoms with Gasteiger partial charge in [0.2, 0.25) is 0 Å². The van der Waals surface area contributed by atoms with Crippen molar-refractivity contribution in [3.63, 3.8) is 0 Å². The van der Waals surface area contributed by atoms with Gasteiger partial charge in [0.05, 0.1) is 0 Å². The zero-order valence-electron chi connectivity index (χ0n) is 10.8. The number of benzene rings is 2. The lowest BCUT2D eigenvalue weighted by atomic mass is 10.1. The van der Waals surface area contributed by atoms with E-state index in [1.807, 2.05) is 26.0 Å². The minimum absolute atomic E-state index is 0.194. The summed E-state index contributed by atoms with van der Waals surface area (Å²) in [5, 5.41) is 3.43. The Hall–Kier alpha value is -2.00. The van der Waals surface area contributed by atoms with E-state index in [1.165, 1.54) is 0 Å². The Morgan fingerprint density at radius 2 is 1.89 bits per heavy atom. The number of nitrogens with one attached hydrogen (secondary N) is 1. The van der Waals surface area contributed by atoms with Gasteiger partial charge in [0.15, 0.2) is 0 Å². The van der Waals surface area contributed by atoms with Gasteiger partial charge in [0, 0.05) is 22.0 Å². The predicted molar refractivity (Wildman–Crippen MR) is 79.7 cm³/mol. The third-order valence-corrected chi connectivity index (χ3v) is 3.04. The lowest BCUT2D eigenvalue weighted by Crippen LogP contribution is -2.13. The van der Waals surface area contributed by atoms with Gasteiger partial charge in [-0.2, -0.15) is 0 Å². The van der Waals surface area contributed by atoms with E-state index in [0.29, 0.717) is 22.0 Å². The molecular formula is C15H15ClN2O. The molecule has 2 aromatic rings. The van der Waals surface area contributed by atoms with Crippen molar-refractivity contribution in [3.8, 4) is 0 Å². The Morgan fingerprint density at radius 3 is 2.58 bits per heavy atom. The van der Waals surface area contributed by atoms with E-state index in [0.717, 1.165) is 11.1 Å². The summed E-state index contributed by atoms with van der Waals surface area (Å²) >= 11 is 5.93. The van der Waals surface area contributed by atoms with Crippen LogP contribution in [0.2, 0.25) is 5.02 Å². The summed E-state index contributed by atoms with van der Waals surface area (Å²) in [4.78, 5) is 12.2. The number of rotatable bonds is 2. The molecule has 0 bridgehead atoms. The van der Waals surface area contributed by atoms with Crippen molar-refractivity contribution in [1.29, 1.82) is 0 Å². The standard InChI is InChI=1S/C15H15ClN2O/c1-9-5-11(7-13(17)6-9)15(19)18-14-8-12(16)4-3-10(14)2/h3-8H,17H2,1-2H3,(H,18,19). The molecule has 2 rings (SSSR count). The Kier molecular flexibility index (Phi) is 3.76. The van der Waals surface area contributed by atoms with Crippen LogP contribution < -0.4 is 11.1 Å². The molecule has 19 heavy (non-hydrogen) atoms. The molecule has 3 N–H and O–H groups in total. The maximum Gasteiger partial charge on any atom is 0.255 e. The number of halogens is 1. The van der Waals surface area contributed by atoms with Gasteiger partial charge in [0.1, 0.15) is 0 Å². The van der Waals surface area contributed by atoms with Crippen LogP contribution in [0.3, 0.4) is 0 Å². The van der Waals surface area contributed by atoms with Crippen LogP contribution in [0.1, 0.15) is 21.5 Å². The predicted octanol–water partition coefficient (Wildman–Crippen LogP) is 3.79. The Labute approximate surface area is 117 Å². The molecular weight excluding hydrogens is 260 g/mol. The van der Waals surface area contributed by atoms with Gasteiger partial charge >= 0.3 is 0 Å². The molecule has 0 aliphatic heterocycles. The highest BCUT2D eigenvalue weighted by Gasteiger charge is 2.09. The van der Waals surface area contributed by atoms with Crippen LogP contribution in [-0.4, -0.2) is 5.91 Å². The van der Waals surface area contributed by atoms with Gasteiger partial charge in [-0.3, -0.25) is 4.79 Å². The van der Waals surface area contributed by atoms with E-state index in [4.69, 9.17) is 17.3 Å². The fraction of sp³-hybridized carbons (Fsp3) is 0.133. The summed E-state index contributed by atoms with van der Waals surface area (Å²) in [6.07, 6.45) is 0. The number of carbonyl (C=O) groups is 1. The number of amides is 1. The van der Waals surface area contributed by atoms with Gasteiger partial charge in [-0.15, -0.1) is 0 Å². The molecule has 1 amide bonds. The lowest BCUT2D eigenvalue weighted by Gasteiger charge is -2.10. The van der Waals surface area contributed by atoms with E-state index in [9.17, 15) is 4.79 Å².